The molecule has 5 nitrogen and oxygen atoms in total. The standard InChI is InChI=1S/C17H20FN3O2/c1-11-6-12(2)21(19-11)10-17(23)20-9-15(22)8-16(20)13-4-3-5-14(18)7-13/h3-7,15-16,22H,8-10H2,1-2H3. The summed E-state index contributed by atoms with van der Waals surface area (Å²) in [5.74, 6) is -0.461. The lowest BCUT2D eigenvalue weighted by Crippen LogP contribution is -2.35. The van der Waals surface area contributed by atoms with Crippen molar-refractivity contribution in [1.82, 2.24) is 14.7 Å². The zero-order valence-corrected chi connectivity index (χ0v) is 13.2. The summed E-state index contributed by atoms with van der Waals surface area (Å²) in [6, 6.07) is 7.82. The number of nitrogens with zero attached hydrogens (tertiary/aromatic N) is 3. The summed E-state index contributed by atoms with van der Waals surface area (Å²) >= 11 is 0. The predicted molar refractivity (Wildman–Crippen MR) is 83.2 cm³/mol. The first kappa shape index (κ1) is 15.7. The van der Waals surface area contributed by atoms with Gasteiger partial charge in [0.1, 0.15) is 12.4 Å². The minimum absolute atomic E-state index is 0.123. The van der Waals surface area contributed by atoms with Crippen molar-refractivity contribution in [3.8, 4) is 0 Å². The Morgan fingerprint density at radius 1 is 1.39 bits per heavy atom. The number of hydrogen-bond acceptors (Lipinski definition) is 3. The molecule has 1 aliphatic rings. The molecule has 6 heteroatoms. The summed E-state index contributed by atoms with van der Waals surface area (Å²) in [5.41, 5.74) is 2.49. The highest BCUT2D eigenvalue weighted by Crippen LogP contribution is 2.32. The molecule has 122 valence electrons. The van der Waals surface area contributed by atoms with Gasteiger partial charge in [-0.2, -0.15) is 5.10 Å². The van der Waals surface area contributed by atoms with Gasteiger partial charge in [-0.15, -0.1) is 0 Å². The van der Waals surface area contributed by atoms with Crippen LogP contribution in [0.2, 0.25) is 0 Å². The molecule has 0 radical (unpaired) electrons. The van der Waals surface area contributed by atoms with Gasteiger partial charge in [0.2, 0.25) is 5.91 Å². The molecular formula is C17H20FN3O2. The Bertz CT molecular complexity index is 728. The second-order valence-corrected chi connectivity index (χ2v) is 6.09. The van der Waals surface area contributed by atoms with Gasteiger partial charge < -0.3 is 10.0 Å². The number of carbonyl (C=O) groups is 1. The smallest absolute Gasteiger partial charge is 0.244 e. The first-order chi connectivity index (χ1) is 10.9. The maximum atomic E-state index is 13.5. The molecule has 1 aromatic heterocycles. The van der Waals surface area contributed by atoms with Crippen molar-refractivity contribution in [2.75, 3.05) is 6.54 Å². The van der Waals surface area contributed by atoms with Gasteiger partial charge in [0.15, 0.2) is 0 Å². The van der Waals surface area contributed by atoms with Crippen molar-refractivity contribution >= 4 is 5.91 Å². The molecule has 1 aliphatic heterocycles. The monoisotopic (exact) mass is 317 g/mol. The van der Waals surface area contributed by atoms with E-state index in [4.69, 9.17) is 0 Å². The number of β-amino-alcohol motifs (C(OH)–C–C–N with tert-alkyl or cyclic N) is 1. The predicted octanol–water partition coefficient (Wildman–Crippen LogP) is 1.97. The van der Waals surface area contributed by atoms with E-state index >= 15 is 0 Å². The number of benzene rings is 1. The van der Waals surface area contributed by atoms with Crippen LogP contribution in [0.3, 0.4) is 0 Å². The molecule has 2 atom stereocenters. The van der Waals surface area contributed by atoms with Crippen LogP contribution >= 0.6 is 0 Å². The first-order valence-electron chi connectivity index (χ1n) is 7.68. The number of carbonyl (C=O) groups excluding carboxylic acids is 1. The van der Waals surface area contributed by atoms with Crippen molar-refractivity contribution in [3.05, 3.63) is 53.1 Å². The third-order valence-corrected chi connectivity index (χ3v) is 4.22. The van der Waals surface area contributed by atoms with Crippen molar-refractivity contribution < 1.29 is 14.3 Å². The lowest BCUT2D eigenvalue weighted by Gasteiger charge is -2.25. The molecule has 2 heterocycles. The van der Waals surface area contributed by atoms with Crippen LogP contribution in [-0.4, -0.2) is 38.3 Å². The molecule has 0 bridgehead atoms. The second kappa shape index (κ2) is 6.12. The van der Waals surface area contributed by atoms with Gasteiger partial charge in [-0.05, 0) is 44.0 Å². The molecule has 1 N–H and O–H groups in total. The van der Waals surface area contributed by atoms with Gasteiger partial charge in [-0.1, -0.05) is 12.1 Å². The lowest BCUT2D eigenvalue weighted by molar-refractivity contribution is -0.133. The van der Waals surface area contributed by atoms with Gasteiger partial charge in [-0.25, -0.2) is 4.39 Å². The van der Waals surface area contributed by atoms with Crippen LogP contribution in [-0.2, 0) is 11.3 Å². The summed E-state index contributed by atoms with van der Waals surface area (Å²) in [7, 11) is 0. The van der Waals surface area contributed by atoms with Crippen LogP contribution in [0.25, 0.3) is 0 Å². The van der Waals surface area contributed by atoms with Crippen LogP contribution in [0.15, 0.2) is 30.3 Å². The Kier molecular flexibility index (Phi) is 4.17. The number of halogens is 1. The van der Waals surface area contributed by atoms with Crippen molar-refractivity contribution in [2.24, 2.45) is 0 Å². The molecule has 1 aromatic carbocycles. The number of hydrogen-bond donors (Lipinski definition) is 1. The van der Waals surface area contributed by atoms with Crippen molar-refractivity contribution in [2.45, 2.75) is 39.0 Å². The van der Waals surface area contributed by atoms with E-state index in [0.29, 0.717) is 12.0 Å². The number of likely N-dealkylation sites (tertiary alicyclic amines) is 1. The third-order valence-electron chi connectivity index (χ3n) is 4.22. The zero-order chi connectivity index (χ0) is 16.6. The molecule has 2 aromatic rings. The summed E-state index contributed by atoms with van der Waals surface area (Å²) < 4.78 is 15.1. The summed E-state index contributed by atoms with van der Waals surface area (Å²) in [6.45, 7) is 4.16. The Hall–Kier alpha value is -2.21. The molecule has 3 rings (SSSR count). The minimum Gasteiger partial charge on any atom is -0.391 e. The highest BCUT2D eigenvalue weighted by Gasteiger charge is 2.35. The maximum absolute atomic E-state index is 13.5. The highest BCUT2D eigenvalue weighted by atomic mass is 19.1. The van der Waals surface area contributed by atoms with Crippen LogP contribution in [0.4, 0.5) is 4.39 Å². The number of amides is 1. The van der Waals surface area contributed by atoms with E-state index in [2.05, 4.69) is 5.10 Å². The average molecular weight is 317 g/mol. The van der Waals surface area contributed by atoms with Gasteiger partial charge in [-0.3, -0.25) is 9.48 Å². The Balaban J connectivity index is 1.81. The fraction of sp³-hybridized carbons (Fsp3) is 0.412. The molecule has 0 spiro atoms. The van der Waals surface area contributed by atoms with Crippen LogP contribution in [0.1, 0.15) is 29.4 Å². The Morgan fingerprint density at radius 2 is 2.17 bits per heavy atom. The first-order valence-corrected chi connectivity index (χ1v) is 7.68. The van der Waals surface area contributed by atoms with Crippen LogP contribution < -0.4 is 0 Å². The number of aromatic nitrogens is 2. The van der Waals surface area contributed by atoms with E-state index in [-0.39, 0.29) is 30.9 Å². The molecule has 1 saturated heterocycles. The molecule has 1 amide bonds. The largest absolute Gasteiger partial charge is 0.391 e. The highest BCUT2D eigenvalue weighted by molar-refractivity contribution is 5.77. The van der Waals surface area contributed by atoms with Gasteiger partial charge in [0, 0.05) is 12.2 Å². The SMILES string of the molecule is Cc1cc(C)n(CC(=O)N2CC(O)CC2c2cccc(F)c2)n1. The summed E-state index contributed by atoms with van der Waals surface area (Å²) in [5, 5.41) is 14.3. The average Bonchev–Trinajstić information content (AvgIpc) is 3.02. The zero-order valence-electron chi connectivity index (χ0n) is 13.2. The number of aliphatic hydroxyl groups is 1. The third kappa shape index (κ3) is 3.27. The Labute approximate surface area is 134 Å². The fourth-order valence-electron chi connectivity index (χ4n) is 3.17. The minimum atomic E-state index is -0.590. The van der Waals surface area contributed by atoms with Crippen LogP contribution in [0, 0.1) is 19.7 Å². The Morgan fingerprint density at radius 3 is 2.83 bits per heavy atom. The summed E-state index contributed by atoms with van der Waals surface area (Å²) in [6.07, 6.45) is -0.167. The van der Waals surface area contributed by atoms with E-state index in [1.807, 2.05) is 19.9 Å². The number of rotatable bonds is 3. The number of aliphatic hydroxyl groups excluding tert-OH is 1. The van der Waals surface area contributed by atoms with Crippen molar-refractivity contribution in [3.63, 3.8) is 0 Å². The molecule has 1 fully saturated rings. The molecule has 0 saturated carbocycles. The molecule has 2 unspecified atom stereocenters. The van der Waals surface area contributed by atoms with Gasteiger partial charge >= 0.3 is 0 Å². The van der Waals surface area contributed by atoms with E-state index in [1.165, 1.54) is 12.1 Å². The van der Waals surface area contributed by atoms with Crippen molar-refractivity contribution in [1.29, 1.82) is 0 Å². The van der Waals surface area contributed by atoms with Gasteiger partial charge in [0.05, 0.1) is 17.8 Å². The topological polar surface area (TPSA) is 58.4 Å². The molecule has 0 aliphatic carbocycles. The van der Waals surface area contributed by atoms with Crippen LogP contribution in [0.5, 0.6) is 0 Å². The van der Waals surface area contributed by atoms with Gasteiger partial charge in [0.25, 0.3) is 0 Å². The number of aryl methyl sites for hydroxylation is 2. The van der Waals surface area contributed by atoms with E-state index in [1.54, 1.807) is 21.7 Å². The van der Waals surface area contributed by atoms with E-state index < -0.39 is 6.10 Å². The van der Waals surface area contributed by atoms with E-state index in [9.17, 15) is 14.3 Å². The maximum Gasteiger partial charge on any atom is 0.244 e. The second-order valence-electron chi connectivity index (χ2n) is 6.09. The quantitative estimate of drug-likeness (QED) is 0.941. The molecule has 23 heavy (non-hydrogen) atoms. The summed E-state index contributed by atoms with van der Waals surface area (Å²) in [4.78, 5) is 14.3. The molecular weight excluding hydrogens is 297 g/mol. The fourth-order valence-corrected chi connectivity index (χ4v) is 3.17. The normalized spacial score (nSPS) is 21.0. The lowest BCUT2D eigenvalue weighted by atomic mass is 10.0. The van der Waals surface area contributed by atoms with E-state index in [0.717, 1.165) is 11.4 Å².